The number of benzene rings is 2. The summed E-state index contributed by atoms with van der Waals surface area (Å²) in [5, 5.41) is 25.8. The van der Waals surface area contributed by atoms with E-state index < -0.39 is 13.2 Å². The first-order valence-electron chi connectivity index (χ1n) is 6.20. The number of aliphatic hydroxyl groups excluding tert-OH is 2. The van der Waals surface area contributed by atoms with E-state index in [0.717, 1.165) is 0 Å². The van der Waals surface area contributed by atoms with Crippen molar-refractivity contribution in [2.75, 3.05) is 13.2 Å². The zero-order valence-corrected chi connectivity index (χ0v) is 11.3. The zero-order chi connectivity index (χ0) is 15.7. The lowest BCUT2D eigenvalue weighted by Crippen LogP contribution is -2.03. The lowest BCUT2D eigenvalue weighted by Gasteiger charge is -1.96. The molecule has 0 spiro atoms. The summed E-state index contributed by atoms with van der Waals surface area (Å²) in [5.74, 6) is -0.592. The van der Waals surface area contributed by atoms with Gasteiger partial charge in [-0.05, 0) is 12.1 Å². The standard InChI is InChI=1S/C8H8O3.C8H8O2/c9-5-8(11)6-2-1-3-7(10)4-6;9-6-8(10)7-4-2-1-3-5-7/h1-4,9-10H,5H2;1-5,9H,6H2. The third-order valence-corrected chi connectivity index (χ3v) is 2.55. The predicted octanol–water partition coefficient (Wildman–Crippen LogP) is 1.43. The van der Waals surface area contributed by atoms with Gasteiger partial charge < -0.3 is 15.3 Å². The summed E-state index contributed by atoms with van der Waals surface area (Å²) in [4.78, 5) is 21.6. The number of aromatic hydroxyl groups is 1. The molecule has 3 N–H and O–H groups in total. The zero-order valence-electron chi connectivity index (χ0n) is 11.3. The molecule has 0 unspecified atom stereocenters. The molecule has 0 radical (unpaired) electrons. The first-order chi connectivity index (χ1) is 10.1. The highest BCUT2D eigenvalue weighted by Crippen LogP contribution is 2.10. The molecule has 21 heavy (non-hydrogen) atoms. The number of carbonyl (C=O) groups is 2. The Labute approximate surface area is 122 Å². The number of phenolic OH excluding ortho intramolecular Hbond substituents is 1. The third kappa shape index (κ3) is 5.56. The first kappa shape index (κ1) is 16.6. The van der Waals surface area contributed by atoms with E-state index in [1.165, 1.54) is 18.2 Å². The molecule has 110 valence electrons. The summed E-state index contributed by atoms with van der Waals surface area (Å²) in [6.45, 7) is -0.937. The van der Waals surface area contributed by atoms with Gasteiger partial charge in [0.25, 0.3) is 0 Å². The fraction of sp³-hybridized carbons (Fsp3) is 0.125. The Hall–Kier alpha value is -2.50. The fourth-order valence-corrected chi connectivity index (χ4v) is 1.49. The highest BCUT2D eigenvalue weighted by atomic mass is 16.3. The van der Waals surface area contributed by atoms with E-state index in [4.69, 9.17) is 15.3 Å². The number of phenols is 1. The maximum absolute atomic E-state index is 10.8. The highest BCUT2D eigenvalue weighted by molar-refractivity contribution is 5.97. The molecule has 0 saturated carbocycles. The van der Waals surface area contributed by atoms with Crippen molar-refractivity contribution in [1.82, 2.24) is 0 Å². The van der Waals surface area contributed by atoms with Crippen LogP contribution in [0.15, 0.2) is 54.6 Å². The Morgan fingerprint density at radius 1 is 0.762 bits per heavy atom. The molecule has 5 nitrogen and oxygen atoms in total. The van der Waals surface area contributed by atoms with Crippen LogP contribution in [-0.2, 0) is 0 Å². The Morgan fingerprint density at radius 3 is 1.81 bits per heavy atom. The summed E-state index contributed by atoms with van der Waals surface area (Å²) in [7, 11) is 0. The molecule has 2 rings (SSSR count). The van der Waals surface area contributed by atoms with Gasteiger partial charge in [0.05, 0.1) is 0 Å². The summed E-state index contributed by atoms with van der Waals surface area (Å²) in [6, 6.07) is 14.6. The smallest absolute Gasteiger partial charge is 0.188 e. The molecule has 0 aliphatic carbocycles. The quantitative estimate of drug-likeness (QED) is 0.740. The summed E-state index contributed by atoms with van der Waals surface area (Å²) < 4.78 is 0. The molecule has 0 saturated heterocycles. The molecule has 0 atom stereocenters. The molecule has 0 aliphatic rings. The Balaban J connectivity index is 0.000000211. The Morgan fingerprint density at radius 2 is 1.29 bits per heavy atom. The van der Waals surface area contributed by atoms with Crippen LogP contribution in [0.2, 0.25) is 0 Å². The van der Waals surface area contributed by atoms with E-state index in [1.807, 2.05) is 6.07 Å². The minimum Gasteiger partial charge on any atom is -0.508 e. The molecule has 0 heterocycles. The van der Waals surface area contributed by atoms with Crippen LogP contribution in [0, 0.1) is 0 Å². The van der Waals surface area contributed by atoms with Gasteiger partial charge in [-0.3, -0.25) is 9.59 Å². The van der Waals surface area contributed by atoms with Gasteiger partial charge in [0, 0.05) is 11.1 Å². The molecular formula is C16H16O5. The van der Waals surface area contributed by atoms with Crippen LogP contribution >= 0.6 is 0 Å². The summed E-state index contributed by atoms with van der Waals surface area (Å²) >= 11 is 0. The van der Waals surface area contributed by atoms with Crippen molar-refractivity contribution >= 4 is 11.6 Å². The highest BCUT2D eigenvalue weighted by Gasteiger charge is 2.02. The van der Waals surface area contributed by atoms with Gasteiger partial charge in [-0.25, -0.2) is 0 Å². The minimum absolute atomic E-state index is 0.0318. The molecule has 0 fully saturated rings. The van der Waals surface area contributed by atoms with Crippen molar-refractivity contribution in [3.63, 3.8) is 0 Å². The first-order valence-corrected chi connectivity index (χ1v) is 6.20. The topological polar surface area (TPSA) is 94.8 Å². The number of rotatable bonds is 4. The van der Waals surface area contributed by atoms with Gasteiger partial charge in [-0.2, -0.15) is 0 Å². The normalized spacial score (nSPS) is 9.43. The largest absolute Gasteiger partial charge is 0.508 e. The van der Waals surface area contributed by atoms with E-state index in [9.17, 15) is 9.59 Å². The monoisotopic (exact) mass is 288 g/mol. The third-order valence-electron chi connectivity index (χ3n) is 2.55. The van der Waals surface area contributed by atoms with Crippen molar-refractivity contribution in [3.05, 3.63) is 65.7 Å². The number of hydrogen-bond acceptors (Lipinski definition) is 5. The number of aliphatic hydroxyl groups is 2. The molecule has 0 aromatic heterocycles. The lowest BCUT2D eigenvalue weighted by atomic mass is 10.1. The summed E-state index contributed by atoms with van der Waals surface area (Å²) in [5.41, 5.74) is 0.887. The van der Waals surface area contributed by atoms with E-state index >= 15 is 0 Å². The second-order valence-corrected chi connectivity index (χ2v) is 4.08. The van der Waals surface area contributed by atoms with Gasteiger partial charge in [-0.15, -0.1) is 0 Å². The molecule has 0 aliphatic heterocycles. The van der Waals surface area contributed by atoms with Crippen LogP contribution in [-0.4, -0.2) is 40.1 Å². The minimum atomic E-state index is -0.524. The van der Waals surface area contributed by atoms with E-state index in [0.29, 0.717) is 11.1 Å². The van der Waals surface area contributed by atoms with Crippen molar-refractivity contribution in [2.45, 2.75) is 0 Å². The Kier molecular flexibility index (Phi) is 6.80. The van der Waals surface area contributed by atoms with Gasteiger partial charge >= 0.3 is 0 Å². The predicted molar refractivity (Wildman–Crippen MR) is 77.4 cm³/mol. The molecule has 0 amide bonds. The fourth-order valence-electron chi connectivity index (χ4n) is 1.49. The number of Topliss-reactive ketones (excluding diaryl/α,β-unsaturated/α-hetero) is 2. The molecule has 2 aromatic carbocycles. The van der Waals surface area contributed by atoms with Crippen LogP contribution in [0.25, 0.3) is 0 Å². The lowest BCUT2D eigenvalue weighted by molar-refractivity contribution is 0.0898. The van der Waals surface area contributed by atoms with E-state index in [-0.39, 0.29) is 17.3 Å². The van der Waals surface area contributed by atoms with E-state index in [1.54, 1.807) is 30.3 Å². The SMILES string of the molecule is O=C(CO)c1cccc(O)c1.O=C(CO)c1ccccc1. The van der Waals surface area contributed by atoms with Gasteiger partial charge in [0.15, 0.2) is 11.6 Å². The van der Waals surface area contributed by atoms with Crippen LogP contribution in [0.1, 0.15) is 20.7 Å². The van der Waals surface area contributed by atoms with Crippen molar-refractivity contribution < 1.29 is 24.9 Å². The molecule has 2 aromatic rings. The second-order valence-electron chi connectivity index (χ2n) is 4.08. The average molecular weight is 288 g/mol. The van der Waals surface area contributed by atoms with Crippen molar-refractivity contribution in [3.8, 4) is 5.75 Å². The number of carbonyl (C=O) groups excluding carboxylic acids is 2. The molecule has 5 heteroatoms. The van der Waals surface area contributed by atoms with Gasteiger partial charge in [0.1, 0.15) is 19.0 Å². The number of ketones is 2. The maximum Gasteiger partial charge on any atom is 0.188 e. The Bertz CT molecular complexity index is 593. The second kappa shape index (κ2) is 8.63. The average Bonchev–Trinajstić information content (AvgIpc) is 2.54. The van der Waals surface area contributed by atoms with Gasteiger partial charge in [0.2, 0.25) is 0 Å². The van der Waals surface area contributed by atoms with Crippen LogP contribution < -0.4 is 0 Å². The van der Waals surface area contributed by atoms with Crippen LogP contribution in [0.4, 0.5) is 0 Å². The van der Waals surface area contributed by atoms with Gasteiger partial charge in [-0.1, -0.05) is 42.5 Å². The van der Waals surface area contributed by atoms with Crippen LogP contribution in [0.5, 0.6) is 5.75 Å². The molecular weight excluding hydrogens is 272 g/mol. The number of hydrogen-bond donors (Lipinski definition) is 3. The van der Waals surface area contributed by atoms with E-state index in [2.05, 4.69) is 0 Å². The van der Waals surface area contributed by atoms with Crippen molar-refractivity contribution in [1.29, 1.82) is 0 Å². The molecule has 0 bridgehead atoms. The van der Waals surface area contributed by atoms with Crippen LogP contribution in [0.3, 0.4) is 0 Å². The maximum atomic E-state index is 10.8. The van der Waals surface area contributed by atoms with Crippen molar-refractivity contribution in [2.24, 2.45) is 0 Å². The summed E-state index contributed by atoms with van der Waals surface area (Å²) in [6.07, 6.45) is 0.